The molecular formula is C15H25ClN4O4S. The molecule has 0 bridgehead atoms. The molecule has 2 amide bonds. The van der Waals surface area contributed by atoms with Crippen LogP contribution < -0.4 is 20.7 Å². The zero-order chi connectivity index (χ0) is 18.2. The molecule has 0 heterocycles. The number of likely N-dealkylation sites (N-methyl/N-ethyl adjacent to an activating group) is 1. The number of sulfonamides is 1. The summed E-state index contributed by atoms with van der Waals surface area (Å²) in [6.07, 6.45) is 0. The van der Waals surface area contributed by atoms with Crippen molar-refractivity contribution in [1.82, 2.24) is 15.4 Å². The standard InChI is InChI=1S/C15H24N4O4S.ClH/c1-4-16-9-10-17-15(21)11(2)19-24(22,23)14-7-5-13(6-8-14)18-12(3)20;/h5-8,11,16,19H,4,9-10H2,1-3H3,(H,17,21)(H,18,20);1H. The van der Waals surface area contributed by atoms with Crippen LogP contribution in [0.15, 0.2) is 29.2 Å². The van der Waals surface area contributed by atoms with Gasteiger partial charge in [-0.2, -0.15) is 4.72 Å². The zero-order valence-electron chi connectivity index (χ0n) is 14.5. The molecule has 1 aromatic carbocycles. The Morgan fingerprint density at radius 1 is 1.12 bits per heavy atom. The summed E-state index contributed by atoms with van der Waals surface area (Å²) in [6, 6.07) is 4.80. The third kappa shape index (κ3) is 8.30. The molecule has 1 atom stereocenters. The number of rotatable bonds is 9. The van der Waals surface area contributed by atoms with E-state index in [2.05, 4.69) is 20.7 Å². The number of anilines is 1. The summed E-state index contributed by atoms with van der Waals surface area (Å²) in [5.41, 5.74) is 0.496. The van der Waals surface area contributed by atoms with Gasteiger partial charge in [-0.05, 0) is 37.7 Å². The predicted octanol–water partition coefficient (Wildman–Crippen LogP) is 0.459. The lowest BCUT2D eigenvalue weighted by Crippen LogP contribution is -2.46. The summed E-state index contributed by atoms with van der Waals surface area (Å²) in [5.74, 6) is -0.641. The molecule has 8 nitrogen and oxygen atoms in total. The monoisotopic (exact) mass is 392 g/mol. The molecule has 25 heavy (non-hydrogen) atoms. The van der Waals surface area contributed by atoms with E-state index in [-0.39, 0.29) is 23.2 Å². The highest BCUT2D eigenvalue weighted by molar-refractivity contribution is 7.89. The van der Waals surface area contributed by atoms with Gasteiger partial charge in [0.25, 0.3) is 0 Å². The Morgan fingerprint density at radius 2 is 1.72 bits per heavy atom. The molecule has 10 heteroatoms. The Kier molecular flexibility index (Phi) is 10.3. The molecule has 1 unspecified atom stereocenters. The van der Waals surface area contributed by atoms with Crippen LogP contribution in [-0.2, 0) is 19.6 Å². The fourth-order valence-electron chi connectivity index (χ4n) is 1.88. The molecule has 0 aliphatic heterocycles. The van der Waals surface area contributed by atoms with Crippen molar-refractivity contribution in [3.63, 3.8) is 0 Å². The largest absolute Gasteiger partial charge is 0.353 e. The predicted molar refractivity (Wildman–Crippen MR) is 99.3 cm³/mol. The van der Waals surface area contributed by atoms with Crippen LogP contribution in [0.25, 0.3) is 0 Å². The van der Waals surface area contributed by atoms with Gasteiger partial charge in [-0.25, -0.2) is 8.42 Å². The number of halogens is 1. The number of amides is 2. The van der Waals surface area contributed by atoms with Crippen LogP contribution in [0.1, 0.15) is 20.8 Å². The van der Waals surface area contributed by atoms with Gasteiger partial charge in [0.15, 0.2) is 0 Å². The fraction of sp³-hybridized carbons (Fsp3) is 0.467. The number of nitrogens with one attached hydrogen (secondary N) is 4. The minimum absolute atomic E-state index is 0. The van der Waals surface area contributed by atoms with Crippen molar-refractivity contribution in [3.8, 4) is 0 Å². The molecule has 1 aromatic rings. The molecule has 0 saturated heterocycles. The second-order valence-corrected chi connectivity index (χ2v) is 6.91. The Hall–Kier alpha value is -1.68. The summed E-state index contributed by atoms with van der Waals surface area (Å²) >= 11 is 0. The molecule has 0 saturated carbocycles. The van der Waals surface area contributed by atoms with E-state index in [1.54, 1.807) is 0 Å². The second-order valence-electron chi connectivity index (χ2n) is 5.19. The van der Waals surface area contributed by atoms with Gasteiger partial charge in [0.1, 0.15) is 0 Å². The molecule has 1 rings (SSSR count). The van der Waals surface area contributed by atoms with Crippen LogP contribution in [-0.4, -0.2) is 45.9 Å². The van der Waals surface area contributed by atoms with Gasteiger partial charge in [0, 0.05) is 25.7 Å². The summed E-state index contributed by atoms with van der Waals surface area (Å²) < 4.78 is 26.9. The average Bonchev–Trinajstić information content (AvgIpc) is 2.51. The first-order chi connectivity index (χ1) is 11.3. The molecule has 0 radical (unpaired) electrons. The van der Waals surface area contributed by atoms with E-state index in [9.17, 15) is 18.0 Å². The minimum atomic E-state index is -3.82. The maximum Gasteiger partial charge on any atom is 0.241 e. The maximum atomic E-state index is 12.3. The highest BCUT2D eigenvalue weighted by Gasteiger charge is 2.21. The van der Waals surface area contributed by atoms with Crippen molar-refractivity contribution in [2.24, 2.45) is 0 Å². The Labute approximate surface area is 154 Å². The second kappa shape index (κ2) is 11.0. The van der Waals surface area contributed by atoms with Gasteiger partial charge < -0.3 is 16.0 Å². The molecule has 4 N–H and O–H groups in total. The number of hydrogen-bond acceptors (Lipinski definition) is 5. The van der Waals surface area contributed by atoms with E-state index in [0.717, 1.165) is 6.54 Å². The fourth-order valence-corrected chi connectivity index (χ4v) is 3.08. The van der Waals surface area contributed by atoms with Crippen molar-refractivity contribution >= 4 is 39.9 Å². The summed E-state index contributed by atoms with van der Waals surface area (Å²) in [5, 5.41) is 8.25. The van der Waals surface area contributed by atoms with Gasteiger partial charge >= 0.3 is 0 Å². The van der Waals surface area contributed by atoms with Crippen LogP contribution >= 0.6 is 12.4 Å². The van der Waals surface area contributed by atoms with E-state index in [0.29, 0.717) is 18.8 Å². The number of benzene rings is 1. The van der Waals surface area contributed by atoms with Crippen LogP contribution in [0.3, 0.4) is 0 Å². The first-order valence-corrected chi connectivity index (χ1v) is 9.13. The topological polar surface area (TPSA) is 116 Å². The average molecular weight is 393 g/mol. The van der Waals surface area contributed by atoms with Gasteiger partial charge in [-0.15, -0.1) is 12.4 Å². The van der Waals surface area contributed by atoms with E-state index in [4.69, 9.17) is 0 Å². The molecule has 0 fully saturated rings. The summed E-state index contributed by atoms with van der Waals surface area (Å²) in [4.78, 5) is 22.8. The van der Waals surface area contributed by atoms with E-state index in [1.807, 2.05) is 6.92 Å². The normalized spacial score (nSPS) is 12.0. The van der Waals surface area contributed by atoms with Gasteiger partial charge in [-0.1, -0.05) is 6.92 Å². The van der Waals surface area contributed by atoms with Crippen molar-refractivity contribution < 1.29 is 18.0 Å². The third-order valence-corrected chi connectivity index (χ3v) is 4.62. The highest BCUT2D eigenvalue weighted by Crippen LogP contribution is 2.14. The summed E-state index contributed by atoms with van der Waals surface area (Å²) in [6.45, 7) is 6.63. The van der Waals surface area contributed by atoms with E-state index < -0.39 is 22.0 Å². The molecule has 0 aliphatic carbocycles. The number of carbonyl (C=O) groups is 2. The molecule has 142 valence electrons. The molecule has 0 aliphatic rings. The lowest BCUT2D eigenvalue weighted by atomic mass is 10.3. The van der Waals surface area contributed by atoms with Gasteiger partial charge in [-0.3, -0.25) is 9.59 Å². The first kappa shape index (κ1) is 23.3. The van der Waals surface area contributed by atoms with Gasteiger partial charge in [0.2, 0.25) is 21.8 Å². The lowest BCUT2D eigenvalue weighted by Gasteiger charge is -2.15. The van der Waals surface area contributed by atoms with Crippen LogP contribution in [0.4, 0.5) is 5.69 Å². The van der Waals surface area contributed by atoms with Crippen molar-refractivity contribution in [2.45, 2.75) is 31.7 Å². The Bertz CT molecular complexity index is 665. The third-order valence-electron chi connectivity index (χ3n) is 3.06. The zero-order valence-corrected chi connectivity index (χ0v) is 16.1. The Balaban J connectivity index is 0.00000576. The van der Waals surface area contributed by atoms with Crippen LogP contribution in [0.2, 0.25) is 0 Å². The quantitative estimate of drug-likeness (QED) is 0.455. The summed E-state index contributed by atoms with van der Waals surface area (Å²) in [7, 11) is -3.82. The van der Waals surface area contributed by atoms with Crippen molar-refractivity contribution in [2.75, 3.05) is 25.0 Å². The molecule has 0 aromatic heterocycles. The van der Waals surface area contributed by atoms with Gasteiger partial charge in [0.05, 0.1) is 10.9 Å². The lowest BCUT2D eigenvalue weighted by molar-refractivity contribution is -0.122. The smallest absolute Gasteiger partial charge is 0.241 e. The SMILES string of the molecule is CCNCCNC(=O)C(C)NS(=O)(=O)c1ccc(NC(C)=O)cc1.Cl. The number of hydrogen-bond donors (Lipinski definition) is 4. The van der Waals surface area contributed by atoms with E-state index in [1.165, 1.54) is 38.1 Å². The minimum Gasteiger partial charge on any atom is -0.353 e. The Morgan fingerprint density at radius 3 is 2.24 bits per heavy atom. The maximum absolute atomic E-state index is 12.3. The number of carbonyl (C=O) groups excluding carboxylic acids is 2. The molecule has 0 spiro atoms. The van der Waals surface area contributed by atoms with Crippen molar-refractivity contribution in [3.05, 3.63) is 24.3 Å². The highest BCUT2D eigenvalue weighted by atomic mass is 35.5. The van der Waals surface area contributed by atoms with Crippen LogP contribution in [0.5, 0.6) is 0 Å². The first-order valence-electron chi connectivity index (χ1n) is 7.64. The van der Waals surface area contributed by atoms with E-state index >= 15 is 0 Å². The van der Waals surface area contributed by atoms with Crippen LogP contribution in [0, 0.1) is 0 Å². The van der Waals surface area contributed by atoms with Crippen molar-refractivity contribution in [1.29, 1.82) is 0 Å². The molecular weight excluding hydrogens is 368 g/mol.